The number of hydrogen-bond acceptors (Lipinski definition) is 3. The number of carbonyl (C=O) groups is 2. The van der Waals surface area contributed by atoms with E-state index in [-0.39, 0.29) is 6.54 Å². The summed E-state index contributed by atoms with van der Waals surface area (Å²) in [7, 11) is 0. The molecule has 7 nitrogen and oxygen atoms in total. The van der Waals surface area contributed by atoms with Crippen LogP contribution in [0, 0.1) is 0 Å². The number of hydrogen-bond donors (Lipinski definition) is 2. The molecule has 0 bridgehead atoms. The first kappa shape index (κ1) is 17.3. The van der Waals surface area contributed by atoms with Crippen LogP contribution in [0.2, 0.25) is 0 Å². The normalized spacial score (nSPS) is 11.2. The molecule has 2 amide bonds. The van der Waals surface area contributed by atoms with Crippen molar-refractivity contribution in [2.75, 3.05) is 6.54 Å². The molecule has 1 aromatic carbocycles. The van der Waals surface area contributed by atoms with Crippen molar-refractivity contribution in [3.8, 4) is 5.69 Å². The molecule has 10 heteroatoms. The first-order valence-corrected chi connectivity index (χ1v) is 6.77. The fourth-order valence-electron chi connectivity index (χ4n) is 1.91. The first-order chi connectivity index (χ1) is 11.2. The molecule has 0 atom stereocenters. The van der Waals surface area contributed by atoms with E-state index >= 15 is 0 Å². The fourth-order valence-corrected chi connectivity index (χ4v) is 1.91. The van der Waals surface area contributed by atoms with Gasteiger partial charge < -0.3 is 5.11 Å². The Morgan fingerprint density at radius 3 is 2.42 bits per heavy atom. The van der Waals surface area contributed by atoms with E-state index in [0.717, 1.165) is 10.9 Å². The van der Waals surface area contributed by atoms with Crippen molar-refractivity contribution in [1.29, 1.82) is 0 Å². The van der Waals surface area contributed by atoms with Crippen LogP contribution in [0.15, 0.2) is 36.5 Å². The van der Waals surface area contributed by atoms with Crippen molar-refractivity contribution in [2.45, 2.75) is 13.1 Å². The van der Waals surface area contributed by atoms with Gasteiger partial charge in [0, 0.05) is 12.7 Å². The smallest absolute Gasteiger partial charge is 0.435 e. The number of alkyl halides is 3. The Morgan fingerprint density at radius 2 is 1.92 bits per heavy atom. The fraction of sp³-hybridized carbons (Fsp3) is 0.214. The molecule has 2 N–H and O–H groups in total. The van der Waals surface area contributed by atoms with Crippen LogP contribution in [0.1, 0.15) is 23.0 Å². The van der Waals surface area contributed by atoms with E-state index < -0.39 is 29.4 Å². The minimum absolute atomic E-state index is 0.130. The zero-order chi connectivity index (χ0) is 17.9. The third-order valence-corrected chi connectivity index (χ3v) is 3.03. The molecule has 0 saturated heterocycles. The third kappa shape index (κ3) is 3.65. The maximum atomic E-state index is 13.1. The quantitative estimate of drug-likeness (QED) is 0.839. The molecule has 2 rings (SSSR count). The molecule has 0 saturated carbocycles. The average Bonchev–Trinajstić information content (AvgIpc) is 2.98. The van der Waals surface area contributed by atoms with Crippen LogP contribution >= 0.6 is 0 Å². The number of carboxylic acid groups (broad SMARTS) is 1. The summed E-state index contributed by atoms with van der Waals surface area (Å²) in [6.45, 7) is 1.29. The summed E-state index contributed by atoms with van der Waals surface area (Å²) in [4.78, 5) is 22.9. The molecule has 0 spiro atoms. The SMILES string of the molecule is CCN(NC(=O)c1cn(-c2ccccc2)nc1C(F)(F)F)C(=O)O. The number of benzene rings is 1. The number of hydrazine groups is 1. The van der Waals surface area contributed by atoms with E-state index in [1.54, 1.807) is 18.2 Å². The van der Waals surface area contributed by atoms with Crippen LogP contribution in [-0.4, -0.2) is 38.4 Å². The van der Waals surface area contributed by atoms with Crippen LogP contribution in [0.25, 0.3) is 5.69 Å². The van der Waals surface area contributed by atoms with Crippen LogP contribution in [0.3, 0.4) is 0 Å². The average molecular weight is 342 g/mol. The highest BCUT2D eigenvalue weighted by molar-refractivity contribution is 5.96. The van der Waals surface area contributed by atoms with Crippen molar-refractivity contribution in [1.82, 2.24) is 20.2 Å². The van der Waals surface area contributed by atoms with Gasteiger partial charge in [-0.05, 0) is 19.1 Å². The highest BCUT2D eigenvalue weighted by Crippen LogP contribution is 2.31. The van der Waals surface area contributed by atoms with Gasteiger partial charge in [-0.2, -0.15) is 18.3 Å². The highest BCUT2D eigenvalue weighted by atomic mass is 19.4. The Morgan fingerprint density at radius 1 is 1.29 bits per heavy atom. The largest absolute Gasteiger partial charge is 0.464 e. The molecular formula is C14H13F3N4O3. The van der Waals surface area contributed by atoms with E-state index in [1.807, 2.05) is 5.43 Å². The lowest BCUT2D eigenvalue weighted by molar-refractivity contribution is -0.141. The first-order valence-electron chi connectivity index (χ1n) is 6.77. The predicted octanol–water partition coefficient (Wildman–Crippen LogP) is 2.54. The van der Waals surface area contributed by atoms with E-state index in [0.29, 0.717) is 10.7 Å². The maximum absolute atomic E-state index is 13.1. The van der Waals surface area contributed by atoms with Crippen LogP contribution < -0.4 is 5.43 Å². The minimum atomic E-state index is -4.87. The molecule has 128 valence electrons. The molecule has 0 fully saturated rings. The zero-order valence-corrected chi connectivity index (χ0v) is 12.4. The number of amides is 2. The topological polar surface area (TPSA) is 87.5 Å². The van der Waals surface area contributed by atoms with Gasteiger partial charge in [-0.25, -0.2) is 14.5 Å². The van der Waals surface area contributed by atoms with Gasteiger partial charge in [0.1, 0.15) is 0 Å². The van der Waals surface area contributed by atoms with Crippen LogP contribution in [0.5, 0.6) is 0 Å². The minimum Gasteiger partial charge on any atom is -0.464 e. The Balaban J connectivity index is 2.43. The van der Waals surface area contributed by atoms with Crippen LogP contribution in [0.4, 0.5) is 18.0 Å². The second-order valence-electron chi connectivity index (χ2n) is 4.64. The molecule has 0 aliphatic rings. The van der Waals surface area contributed by atoms with Gasteiger partial charge in [-0.15, -0.1) is 0 Å². The van der Waals surface area contributed by atoms with Crippen molar-refractivity contribution < 1.29 is 27.9 Å². The highest BCUT2D eigenvalue weighted by Gasteiger charge is 2.39. The van der Waals surface area contributed by atoms with Gasteiger partial charge in [0.15, 0.2) is 5.69 Å². The van der Waals surface area contributed by atoms with Crippen LogP contribution in [-0.2, 0) is 6.18 Å². The molecule has 1 aromatic heterocycles. The Hall–Kier alpha value is -3.04. The molecule has 1 heterocycles. The van der Waals surface area contributed by atoms with E-state index in [4.69, 9.17) is 5.11 Å². The molecular weight excluding hydrogens is 329 g/mol. The number of rotatable bonds is 3. The van der Waals surface area contributed by atoms with Crippen molar-refractivity contribution in [3.05, 3.63) is 47.8 Å². The summed E-state index contributed by atoms with van der Waals surface area (Å²) in [6, 6.07) is 7.92. The summed E-state index contributed by atoms with van der Waals surface area (Å²) in [5.74, 6) is -1.21. The lowest BCUT2D eigenvalue weighted by Crippen LogP contribution is -2.45. The molecule has 2 aromatic rings. The molecule has 0 radical (unpaired) electrons. The Kier molecular flexibility index (Phi) is 4.77. The van der Waals surface area contributed by atoms with Crippen molar-refractivity contribution >= 4 is 12.0 Å². The maximum Gasteiger partial charge on any atom is 0.435 e. The summed E-state index contributed by atoms with van der Waals surface area (Å²) < 4.78 is 40.3. The molecule has 0 aliphatic carbocycles. The molecule has 24 heavy (non-hydrogen) atoms. The Labute approximate surface area is 134 Å². The number of carbonyl (C=O) groups excluding carboxylic acids is 1. The number of nitrogens with zero attached hydrogens (tertiary/aromatic N) is 3. The zero-order valence-electron chi connectivity index (χ0n) is 12.4. The second kappa shape index (κ2) is 6.60. The van der Waals surface area contributed by atoms with Gasteiger partial charge in [0.25, 0.3) is 5.91 Å². The standard InChI is InChI=1S/C14H13F3N4O3/c1-2-20(13(23)24)19-12(22)10-8-21(9-6-4-3-5-7-9)18-11(10)14(15,16)17/h3-8H,2H2,1H3,(H,19,22)(H,23,24). The lowest BCUT2D eigenvalue weighted by atomic mass is 10.2. The van der Waals surface area contributed by atoms with E-state index in [1.165, 1.54) is 19.1 Å². The number of nitrogens with one attached hydrogen (secondary N) is 1. The van der Waals surface area contributed by atoms with Crippen molar-refractivity contribution in [2.24, 2.45) is 0 Å². The third-order valence-electron chi connectivity index (χ3n) is 3.03. The van der Waals surface area contributed by atoms with E-state index in [9.17, 15) is 22.8 Å². The number of para-hydroxylation sites is 1. The summed E-state index contributed by atoms with van der Waals surface area (Å²) in [5, 5.41) is 12.7. The summed E-state index contributed by atoms with van der Waals surface area (Å²) in [6.07, 6.45) is -5.45. The summed E-state index contributed by atoms with van der Waals surface area (Å²) in [5.41, 5.74) is 0.0577. The molecule has 0 unspecified atom stereocenters. The van der Waals surface area contributed by atoms with Gasteiger partial charge in [-0.1, -0.05) is 18.2 Å². The van der Waals surface area contributed by atoms with Gasteiger partial charge in [0.05, 0.1) is 11.3 Å². The summed E-state index contributed by atoms with van der Waals surface area (Å²) >= 11 is 0. The second-order valence-corrected chi connectivity index (χ2v) is 4.64. The Bertz CT molecular complexity index is 743. The lowest BCUT2D eigenvalue weighted by Gasteiger charge is -2.17. The number of halogens is 3. The predicted molar refractivity (Wildman–Crippen MR) is 76.4 cm³/mol. The number of aromatic nitrogens is 2. The van der Waals surface area contributed by atoms with E-state index in [2.05, 4.69) is 5.10 Å². The van der Waals surface area contributed by atoms with Gasteiger partial charge >= 0.3 is 12.3 Å². The monoisotopic (exact) mass is 342 g/mol. The molecule has 0 aliphatic heterocycles. The van der Waals surface area contributed by atoms with Crippen molar-refractivity contribution in [3.63, 3.8) is 0 Å². The van der Waals surface area contributed by atoms with Gasteiger partial charge in [0.2, 0.25) is 0 Å². The van der Waals surface area contributed by atoms with Gasteiger partial charge in [-0.3, -0.25) is 10.2 Å².